The molecule has 0 fully saturated rings. The summed E-state index contributed by atoms with van der Waals surface area (Å²) in [5.74, 6) is 0.211. The number of pyridine rings is 2. The van der Waals surface area contributed by atoms with Gasteiger partial charge in [0.15, 0.2) is 5.69 Å². The molecule has 0 aliphatic rings. The number of anilines is 1. The van der Waals surface area contributed by atoms with Crippen LogP contribution in [0.1, 0.15) is 16.2 Å². The van der Waals surface area contributed by atoms with Crippen molar-refractivity contribution in [3.05, 3.63) is 103 Å². The molecule has 0 spiro atoms. The minimum absolute atomic E-state index is 0.268. The summed E-state index contributed by atoms with van der Waals surface area (Å²) in [6.45, 7) is 1.89. The lowest BCUT2D eigenvalue weighted by atomic mass is 10.1. The van der Waals surface area contributed by atoms with E-state index in [9.17, 15) is 9.18 Å². The van der Waals surface area contributed by atoms with Gasteiger partial charge in [0.05, 0.1) is 11.9 Å². The van der Waals surface area contributed by atoms with Crippen LogP contribution in [-0.4, -0.2) is 25.1 Å². The number of carbonyl (C=O) groups is 1. The largest absolute Gasteiger partial charge is 0.319 e. The number of aromatic nitrogens is 4. The lowest BCUT2D eigenvalue weighted by Gasteiger charge is -2.07. The number of amides is 1. The summed E-state index contributed by atoms with van der Waals surface area (Å²) < 4.78 is 16.9. The molecule has 0 bridgehead atoms. The van der Waals surface area contributed by atoms with E-state index in [4.69, 9.17) is 0 Å². The molecule has 5 aromatic rings. The SMILES string of the molecule is Cc1ccc(NC(=O)c2ccn(-c3ccc4ccc(-c5ccc(F)cc5)cn34)n2)cn1. The molecule has 0 atom stereocenters. The number of halogens is 1. The lowest BCUT2D eigenvalue weighted by Crippen LogP contribution is -2.13. The quantitative estimate of drug-likeness (QED) is 0.458. The maximum atomic E-state index is 13.3. The predicted molar refractivity (Wildman–Crippen MR) is 117 cm³/mol. The van der Waals surface area contributed by atoms with Crippen molar-refractivity contribution in [2.45, 2.75) is 6.92 Å². The Bertz CT molecular complexity index is 1380. The van der Waals surface area contributed by atoms with E-state index in [-0.39, 0.29) is 11.7 Å². The van der Waals surface area contributed by atoms with E-state index < -0.39 is 0 Å². The molecule has 4 aromatic heterocycles. The maximum absolute atomic E-state index is 13.3. The normalized spacial score (nSPS) is 11.0. The van der Waals surface area contributed by atoms with E-state index in [1.165, 1.54) is 12.1 Å². The highest BCUT2D eigenvalue weighted by atomic mass is 19.1. The van der Waals surface area contributed by atoms with Gasteiger partial charge in [0.1, 0.15) is 11.6 Å². The molecular weight excluding hydrogens is 393 g/mol. The summed E-state index contributed by atoms with van der Waals surface area (Å²) in [7, 11) is 0. The van der Waals surface area contributed by atoms with Crippen LogP contribution >= 0.6 is 0 Å². The zero-order valence-electron chi connectivity index (χ0n) is 16.7. The van der Waals surface area contributed by atoms with Crippen molar-refractivity contribution >= 4 is 17.1 Å². The molecule has 0 aliphatic carbocycles. The Morgan fingerprint density at radius 3 is 2.48 bits per heavy atom. The molecule has 0 unspecified atom stereocenters. The van der Waals surface area contributed by atoms with E-state index in [1.807, 2.05) is 47.9 Å². The van der Waals surface area contributed by atoms with E-state index in [1.54, 1.807) is 41.3 Å². The van der Waals surface area contributed by atoms with Crippen LogP contribution in [0.4, 0.5) is 10.1 Å². The fourth-order valence-corrected chi connectivity index (χ4v) is 3.40. The van der Waals surface area contributed by atoms with Gasteiger partial charge >= 0.3 is 0 Å². The number of fused-ring (bicyclic) bond motifs is 1. The standard InChI is InChI=1S/C24H18FN5O/c1-16-2-8-20(14-26-16)27-24(31)22-12-13-30(28-22)23-11-10-21-9-5-18(15-29(21)23)17-3-6-19(25)7-4-17/h2-15H,1H3,(H,27,31). The van der Waals surface area contributed by atoms with E-state index in [0.717, 1.165) is 28.2 Å². The van der Waals surface area contributed by atoms with Crippen molar-refractivity contribution in [2.24, 2.45) is 0 Å². The van der Waals surface area contributed by atoms with Gasteiger partial charge in [-0.1, -0.05) is 18.2 Å². The van der Waals surface area contributed by atoms with Gasteiger partial charge < -0.3 is 9.72 Å². The first-order valence-electron chi connectivity index (χ1n) is 9.74. The van der Waals surface area contributed by atoms with Crippen LogP contribution in [0.3, 0.4) is 0 Å². The number of hydrogen-bond acceptors (Lipinski definition) is 3. The first kappa shape index (κ1) is 18.7. The number of rotatable bonds is 4. The molecule has 6 nitrogen and oxygen atoms in total. The summed E-state index contributed by atoms with van der Waals surface area (Å²) in [5, 5.41) is 7.25. The van der Waals surface area contributed by atoms with Crippen molar-refractivity contribution in [3.63, 3.8) is 0 Å². The topological polar surface area (TPSA) is 64.2 Å². The Balaban J connectivity index is 1.45. The average Bonchev–Trinajstić information content (AvgIpc) is 3.42. The van der Waals surface area contributed by atoms with E-state index in [2.05, 4.69) is 15.4 Å². The molecule has 152 valence electrons. The zero-order chi connectivity index (χ0) is 21.4. The van der Waals surface area contributed by atoms with E-state index in [0.29, 0.717) is 11.4 Å². The lowest BCUT2D eigenvalue weighted by molar-refractivity contribution is 0.102. The van der Waals surface area contributed by atoms with Crippen molar-refractivity contribution in [3.8, 4) is 16.9 Å². The number of hydrogen-bond donors (Lipinski definition) is 1. The van der Waals surface area contributed by atoms with Crippen molar-refractivity contribution in [1.29, 1.82) is 0 Å². The number of nitrogens with zero attached hydrogens (tertiary/aromatic N) is 4. The zero-order valence-corrected chi connectivity index (χ0v) is 16.7. The highest BCUT2D eigenvalue weighted by Gasteiger charge is 2.13. The van der Waals surface area contributed by atoms with Gasteiger partial charge in [0.25, 0.3) is 5.91 Å². The Morgan fingerprint density at radius 2 is 1.71 bits per heavy atom. The summed E-state index contributed by atoms with van der Waals surface area (Å²) in [4.78, 5) is 16.7. The van der Waals surface area contributed by atoms with Gasteiger partial charge in [-0.25, -0.2) is 9.07 Å². The van der Waals surface area contributed by atoms with Gasteiger partial charge in [-0.05, 0) is 66.6 Å². The van der Waals surface area contributed by atoms with Gasteiger partial charge in [-0.2, -0.15) is 5.10 Å². The molecular formula is C24H18FN5O. The third kappa shape index (κ3) is 3.69. The van der Waals surface area contributed by atoms with Crippen LogP contribution in [0.5, 0.6) is 0 Å². The fourth-order valence-electron chi connectivity index (χ4n) is 3.40. The summed E-state index contributed by atoms with van der Waals surface area (Å²) in [5.41, 5.74) is 4.63. The van der Waals surface area contributed by atoms with Gasteiger partial charge in [0.2, 0.25) is 0 Å². The second-order valence-electron chi connectivity index (χ2n) is 7.20. The Labute approximate surface area is 177 Å². The Kier molecular flexibility index (Phi) is 4.55. The molecule has 1 N–H and O–H groups in total. The van der Waals surface area contributed by atoms with Crippen LogP contribution in [0, 0.1) is 12.7 Å². The molecule has 7 heteroatoms. The van der Waals surface area contributed by atoms with Crippen LogP contribution in [-0.2, 0) is 0 Å². The summed E-state index contributed by atoms with van der Waals surface area (Å²) in [6, 6.07) is 19.6. The fraction of sp³-hybridized carbons (Fsp3) is 0.0417. The highest BCUT2D eigenvalue weighted by Crippen LogP contribution is 2.23. The van der Waals surface area contributed by atoms with Crippen LogP contribution in [0.25, 0.3) is 22.5 Å². The van der Waals surface area contributed by atoms with Crippen molar-refractivity contribution in [2.75, 3.05) is 5.32 Å². The van der Waals surface area contributed by atoms with Gasteiger partial charge in [-0.15, -0.1) is 0 Å². The first-order chi connectivity index (χ1) is 15.1. The highest BCUT2D eigenvalue weighted by molar-refractivity contribution is 6.02. The average molecular weight is 411 g/mol. The van der Waals surface area contributed by atoms with Crippen LogP contribution < -0.4 is 5.32 Å². The Morgan fingerprint density at radius 1 is 0.935 bits per heavy atom. The van der Waals surface area contributed by atoms with E-state index >= 15 is 0 Å². The molecule has 1 amide bonds. The minimum Gasteiger partial charge on any atom is -0.319 e. The third-order valence-corrected chi connectivity index (χ3v) is 5.03. The molecule has 1 aromatic carbocycles. The van der Waals surface area contributed by atoms with Crippen molar-refractivity contribution in [1.82, 2.24) is 19.2 Å². The van der Waals surface area contributed by atoms with Gasteiger partial charge in [0, 0.05) is 23.6 Å². The number of aryl methyl sites for hydroxylation is 1. The van der Waals surface area contributed by atoms with Crippen LogP contribution in [0.2, 0.25) is 0 Å². The predicted octanol–water partition coefficient (Wildman–Crippen LogP) is 4.89. The monoisotopic (exact) mass is 411 g/mol. The minimum atomic E-state index is -0.308. The number of carbonyl (C=O) groups excluding carboxylic acids is 1. The summed E-state index contributed by atoms with van der Waals surface area (Å²) >= 11 is 0. The van der Waals surface area contributed by atoms with Crippen molar-refractivity contribution < 1.29 is 9.18 Å². The first-order valence-corrected chi connectivity index (χ1v) is 9.74. The molecule has 0 saturated heterocycles. The second kappa shape index (κ2) is 7.53. The molecule has 0 radical (unpaired) electrons. The smallest absolute Gasteiger partial charge is 0.276 e. The van der Waals surface area contributed by atoms with Crippen LogP contribution in [0.15, 0.2) is 85.3 Å². The van der Waals surface area contributed by atoms with Gasteiger partial charge in [-0.3, -0.25) is 9.78 Å². The Hall–Kier alpha value is -4.26. The molecule has 0 aliphatic heterocycles. The molecule has 31 heavy (non-hydrogen) atoms. The molecule has 5 rings (SSSR count). The molecule has 0 saturated carbocycles. The third-order valence-electron chi connectivity index (χ3n) is 5.03. The number of nitrogens with one attached hydrogen (secondary N) is 1. The number of benzene rings is 1. The molecule has 4 heterocycles. The maximum Gasteiger partial charge on any atom is 0.276 e. The second-order valence-corrected chi connectivity index (χ2v) is 7.20. The summed E-state index contributed by atoms with van der Waals surface area (Å²) in [6.07, 6.45) is 5.33.